The largest absolute Gasteiger partial charge is 0.394 e. The first-order valence-electron chi connectivity index (χ1n) is 7.29. The van der Waals surface area contributed by atoms with Crippen LogP contribution < -0.4 is 0 Å². The molecule has 0 amide bonds. The summed E-state index contributed by atoms with van der Waals surface area (Å²) in [6.45, 7) is -0.769. The normalized spacial score (nSPS) is 50.0. The van der Waals surface area contributed by atoms with Gasteiger partial charge < -0.3 is 40.1 Å². The van der Waals surface area contributed by atoms with Crippen LogP contribution in [0.3, 0.4) is 0 Å². The summed E-state index contributed by atoms with van der Waals surface area (Å²) in [5.74, 6) is -0.511. The molecule has 2 saturated heterocycles. The number of ether oxygens (including phenoxy) is 2. The van der Waals surface area contributed by atoms with Gasteiger partial charge in [0.2, 0.25) is 0 Å². The number of thioether (sulfide) groups is 1. The first kappa shape index (κ1) is 18.4. The Hall–Kier alpha value is 0.0949. The van der Waals surface area contributed by atoms with Crippen LogP contribution in [0.4, 0.5) is 0 Å². The van der Waals surface area contributed by atoms with E-state index in [4.69, 9.17) is 14.6 Å². The van der Waals surface area contributed by atoms with Gasteiger partial charge in [0.1, 0.15) is 30.9 Å². The van der Waals surface area contributed by atoms with Crippen molar-refractivity contribution in [2.45, 2.75) is 59.7 Å². The van der Waals surface area contributed by atoms with Crippen LogP contribution in [0, 0.1) is 0 Å². The molecule has 2 aliphatic heterocycles. The Morgan fingerprint density at radius 3 is 2.05 bits per heavy atom. The van der Waals surface area contributed by atoms with E-state index >= 15 is 0 Å². The van der Waals surface area contributed by atoms with Crippen molar-refractivity contribution < 1.29 is 40.1 Å². The van der Waals surface area contributed by atoms with E-state index in [9.17, 15) is 25.5 Å². The van der Waals surface area contributed by atoms with Crippen LogP contribution in [0.2, 0.25) is 5.82 Å². The van der Waals surface area contributed by atoms with Crippen molar-refractivity contribution in [1.29, 1.82) is 0 Å². The Kier molecular flexibility index (Phi) is 6.52. The first-order chi connectivity index (χ1) is 10.4. The molecule has 8 nitrogen and oxygen atoms in total. The third-order valence-corrected chi connectivity index (χ3v) is 5.56. The van der Waals surface area contributed by atoms with E-state index in [0.29, 0.717) is 0 Å². The molecule has 7 unspecified atom stereocenters. The Morgan fingerprint density at radius 2 is 1.45 bits per heavy atom. The van der Waals surface area contributed by atoms with Crippen molar-refractivity contribution in [2.75, 3.05) is 13.2 Å². The van der Waals surface area contributed by atoms with Crippen LogP contribution in [0.15, 0.2) is 0 Å². The summed E-state index contributed by atoms with van der Waals surface area (Å²) >= 11 is 1.01. The Balaban J connectivity index is 2.02. The predicted octanol–water partition coefficient (Wildman–Crippen LogP) is -3.59. The molecule has 0 spiro atoms. The van der Waals surface area contributed by atoms with Crippen LogP contribution in [-0.4, -0.2) is 99.2 Å². The maximum atomic E-state index is 10.2. The van der Waals surface area contributed by atoms with Crippen molar-refractivity contribution in [3.63, 3.8) is 0 Å². The maximum absolute atomic E-state index is 10.2. The molecule has 0 aromatic carbocycles. The van der Waals surface area contributed by atoms with Gasteiger partial charge in [0.05, 0.1) is 37.6 Å². The second-order valence-corrected chi connectivity index (χ2v) is 7.00. The zero-order valence-electron chi connectivity index (χ0n) is 12.2. The molecule has 2 heterocycles. The van der Waals surface area contributed by atoms with Gasteiger partial charge in [-0.2, -0.15) is 0 Å². The average Bonchev–Trinajstić information content (AvgIpc) is 2.50. The molecule has 6 N–H and O–H groups in total. The van der Waals surface area contributed by atoms with Gasteiger partial charge in [-0.15, -0.1) is 0 Å². The monoisotopic (exact) mass is 338 g/mol. The van der Waals surface area contributed by atoms with Crippen LogP contribution in [0.25, 0.3) is 0 Å². The van der Waals surface area contributed by atoms with E-state index < -0.39 is 53.3 Å². The standard InChI is InChI=1S/C12H23BO8S/c13-8-9(18)7(3-15)21-12(10(8)19)22-11-5(17)1-4(16)6(2-14)20-11/h4-12,14-19H,1-3,13H2/t4?,5?,6?,7-,8?,9?,10?,11?,12+/m1/s1. The molecule has 0 aromatic rings. The van der Waals surface area contributed by atoms with Crippen molar-refractivity contribution in [3.05, 3.63) is 0 Å². The highest BCUT2D eigenvalue weighted by molar-refractivity contribution is 8.00. The molecule has 9 atom stereocenters. The minimum atomic E-state index is -1.00. The summed E-state index contributed by atoms with van der Waals surface area (Å²) in [6.07, 6.45) is -5.51. The molecule has 2 aliphatic rings. The highest BCUT2D eigenvalue weighted by Crippen LogP contribution is 2.38. The molecular weight excluding hydrogens is 315 g/mol. The summed E-state index contributed by atoms with van der Waals surface area (Å²) in [6, 6.07) is 0. The molecule has 2 rings (SSSR count). The summed E-state index contributed by atoms with van der Waals surface area (Å²) < 4.78 is 10.9. The Morgan fingerprint density at radius 1 is 0.864 bits per heavy atom. The van der Waals surface area contributed by atoms with Gasteiger partial charge in [0.25, 0.3) is 0 Å². The van der Waals surface area contributed by atoms with Crippen LogP contribution >= 0.6 is 11.8 Å². The quantitative estimate of drug-likeness (QED) is 0.287. The van der Waals surface area contributed by atoms with Gasteiger partial charge in [-0.25, -0.2) is 0 Å². The fourth-order valence-corrected chi connectivity index (χ4v) is 4.05. The lowest BCUT2D eigenvalue weighted by Gasteiger charge is -2.43. The summed E-state index contributed by atoms with van der Waals surface area (Å²) in [7, 11) is 1.65. The van der Waals surface area contributed by atoms with Crippen molar-refractivity contribution >= 4 is 19.6 Å². The lowest BCUT2D eigenvalue weighted by atomic mass is 9.75. The number of rotatable bonds is 4. The second kappa shape index (κ2) is 7.78. The van der Waals surface area contributed by atoms with Crippen molar-refractivity contribution in [1.82, 2.24) is 0 Å². The van der Waals surface area contributed by atoms with Crippen molar-refractivity contribution in [3.8, 4) is 0 Å². The zero-order chi connectivity index (χ0) is 16.4. The molecule has 10 heteroatoms. The molecular formula is C12H23BO8S. The fraction of sp³-hybridized carbons (Fsp3) is 1.00. The molecule has 0 saturated carbocycles. The summed E-state index contributed by atoms with van der Waals surface area (Å²) in [5.41, 5.74) is -1.59. The van der Waals surface area contributed by atoms with Crippen LogP contribution in [0.1, 0.15) is 6.42 Å². The smallest absolute Gasteiger partial charge is 0.132 e. The summed E-state index contributed by atoms with van der Waals surface area (Å²) in [4.78, 5) is 0. The topological polar surface area (TPSA) is 140 Å². The summed E-state index contributed by atoms with van der Waals surface area (Å²) in [5, 5.41) is 58.1. The Labute approximate surface area is 133 Å². The minimum absolute atomic E-state index is 0.0489. The predicted molar refractivity (Wildman–Crippen MR) is 80.0 cm³/mol. The second-order valence-electron chi connectivity index (χ2n) is 5.80. The SMILES string of the molecule is BC1C(O)[C@@H](CO)O[C@@H](SC2OC(CO)C(O)CC2O)C1O. The highest BCUT2D eigenvalue weighted by Gasteiger charge is 2.45. The van der Waals surface area contributed by atoms with Crippen LogP contribution in [0.5, 0.6) is 0 Å². The lowest BCUT2D eigenvalue weighted by molar-refractivity contribution is -0.160. The van der Waals surface area contributed by atoms with Gasteiger partial charge in [0.15, 0.2) is 0 Å². The van der Waals surface area contributed by atoms with E-state index in [0.717, 1.165) is 11.8 Å². The average molecular weight is 338 g/mol. The molecule has 0 aromatic heterocycles. The van der Waals surface area contributed by atoms with Gasteiger partial charge >= 0.3 is 0 Å². The third kappa shape index (κ3) is 3.77. The van der Waals surface area contributed by atoms with Gasteiger partial charge in [-0.3, -0.25) is 0 Å². The van der Waals surface area contributed by atoms with E-state index in [2.05, 4.69) is 0 Å². The van der Waals surface area contributed by atoms with Gasteiger partial charge in [0, 0.05) is 6.42 Å². The molecule has 22 heavy (non-hydrogen) atoms. The fourth-order valence-electron chi connectivity index (χ4n) is 2.67. The highest BCUT2D eigenvalue weighted by atomic mass is 32.2. The molecule has 128 valence electrons. The minimum Gasteiger partial charge on any atom is -0.394 e. The van der Waals surface area contributed by atoms with Gasteiger partial charge in [-0.1, -0.05) is 11.8 Å². The van der Waals surface area contributed by atoms with Gasteiger partial charge in [-0.05, 0) is 5.82 Å². The molecule has 0 radical (unpaired) electrons. The zero-order valence-corrected chi connectivity index (χ0v) is 13.0. The first-order valence-corrected chi connectivity index (χ1v) is 8.23. The van der Waals surface area contributed by atoms with E-state index in [1.54, 1.807) is 7.85 Å². The van der Waals surface area contributed by atoms with Crippen molar-refractivity contribution in [2.24, 2.45) is 0 Å². The van der Waals surface area contributed by atoms with Crippen LogP contribution in [-0.2, 0) is 9.47 Å². The third-order valence-electron chi connectivity index (χ3n) is 4.21. The van der Waals surface area contributed by atoms with E-state index in [-0.39, 0.29) is 19.6 Å². The molecule has 0 aliphatic carbocycles. The van der Waals surface area contributed by atoms with E-state index in [1.807, 2.05) is 0 Å². The number of hydrogen-bond donors (Lipinski definition) is 6. The number of aliphatic hydroxyl groups is 6. The van der Waals surface area contributed by atoms with E-state index in [1.165, 1.54) is 0 Å². The number of aliphatic hydroxyl groups excluding tert-OH is 6. The number of hydrogen-bond acceptors (Lipinski definition) is 9. The molecule has 0 bridgehead atoms. The maximum Gasteiger partial charge on any atom is 0.132 e. The lowest BCUT2D eigenvalue weighted by Crippen LogP contribution is -2.54. The molecule has 2 fully saturated rings. The Bertz CT molecular complexity index is 362.